The number of sulfonamides is 1. The van der Waals surface area contributed by atoms with E-state index in [0.29, 0.717) is 17.2 Å². The van der Waals surface area contributed by atoms with Gasteiger partial charge in [0.1, 0.15) is 9.97 Å². The maximum Gasteiger partial charge on any atom is 0.250 e. The normalized spacial score (nSPS) is 13.5. The van der Waals surface area contributed by atoms with Crippen LogP contribution in [0, 0.1) is 0 Å². The molecule has 110 valence electrons. The van der Waals surface area contributed by atoms with Gasteiger partial charge in [0.25, 0.3) is 0 Å². The van der Waals surface area contributed by atoms with Gasteiger partial charge in [-0.3, -0.25) is 0 Å². The van der Waals surface area contributed by atoms with E-state index in [9.17, 15) is 8.42 Å². The van der Waals surface area contributed by atoms with Gasteiger partial charge in [-0.15, -0.1) is 11.3 Å². The maximum absolute atomic E-state index is 12.2. The molecule has 2 N–H and O–H groups in total. The molecule has 0 spiro atoms. The van der Waals surface area contributed by atoms with E-state index in [4.69, 9.17) is 4.42 Å². The number of nitrogens with one attached hydrogen (secondary N) is 2. The van der Waals surface area contributed by atoms with Crippen LogP contribution in [0.4, 0.5) is 0 Å². The zero-order valence-electron chi connectivity index (χ0n) is 11.4. The van der Waals surface area contributed by atoms with Gasteiger partial charge in [0.05, 0.1) is 6.26 Å². The lowest BCUT2D eigenvalue weighted by atomic mass is 10.2. The van der Waals surface area contributed by atoms with Crippen LogP contribution in [0.15, 0.2) is 39.2 Å². The van der Waals surface area contributed by atoms with Crippen LogP contribution in [-0.4, -0.2) is 21.5 Å². The van der Waals surface area contributed by atoms with Gasteiger partial charge in [0, 0.05) is 23.9 Å². The molecular formula is C13H18N2O3S2. The number of hydrogen-bond acceptors (Lipinski definition) is 5. The highest BCUT2D eigenvalue weighted by Crippen LogP contribution is 2.21. The molecule has 1 unspecified atom stereocenters. The molecule has 2 rings (SSSR count). The van der Waals surface area contributed by atoms with Crippen molar-refractivity contribution < 1.29 is 12.8 Å². The predicted octanol–water partition coefficient (Wildman–Crippen LogP) is 1.97. The van der Waals surface area contributed by atoms with E-state index in [0.717, 1.165) is 10.6 Å². The fourth-order valence-corrected chi connectivity index (χ4v) is 4.49. The quantitative estimate of drug-likeness (QED) is 0.819. The largest absolute Gasteiger partial charge is 0.469 e. The molecule has 2 aromatic rings. The molecule has 1 atom stereocenters. The highest BCUT2D eigenvalue weighted by atomic mass is 32.2. The Bertz CT molecular complexity index is 632. The minimum atomic E-state index is -3.46. The van der Waals surface area contributed by atoms with Crippen molar-refractivity contribution in [2.24, 2.45) is 0 Å². The lowest BCUT2D eigenvalue weighted by Gasteiger charge is -2.11. The summed E-state index contributed by atoms with van der Waals surface area (Å²) in [6.45, 7) is 2.49. The van der Waals surface area contributed by atoms with Crippen LogP contribution in [0.2, 0.25) is 0 Å². The summed E-state index contributed by atoms with van der Waals surface area (Å²) < 4.78 is 32.7. The second-order valence-corrected chi connectivity index (χ2v) is 7.67. The molecule has 0 radical (unpaired) electrons. The first-order valence-electron chi connectivity index (χ1n) is 6.29. The average molecular weight is 314 g/mol. The molecule has 0 bridgehead atoms. The minimum Gasteiger partial charge on any atom is -0.469 e. The zero-order valence-corrected chi connectivity index (χ0v) is 13.1. The molecule has 0 saturated carbocycles. The Morgan fingerprint density at radius 3 is 2.80 bits per heavy atom. The van der Waals surface area contributed by atoms with E-state index >= 15 is 0 Å². The monoisotopic (exact) mass is 314 g/mol. The molecule has 0 saturated heterocycles. The standard InChI is InChI=1S/C13H18N2O3S2/c1-10(8-11-4-3-7-18-11)15-20(16,17)13-6-5-12(19-13)9-14-2/h3-7,10,14-15H,8-9H2,1-2H3. The average Bonchev–Trinajstić information content (AvgIpc) is 3.00. The summed E-state index contributed by atoms with van der Waals surface area (Å²) in [6.07, 6.45) is 2.11. The first-order valence-corrected chi connectivity index (χ1v) is 8.59. The molecule has 2 aromatic heterocycles. The van der Waals surface area contributed by atoms with Crippen LogP contribution in [0.5, 0.6) is 0 Å². The van der Waals surface area contributed by atoms with E-state index in [2.05, 4.69) is 10.0 Å². The minimum absolute atomic E-state index is 0.221. The van der Waals surface area contributed by atoms with Gasteiger partial charge < -0.3 is 9.73 Å². The van der Waals surface area contributed by atoms with Gasteiger partial charge in [-0.2, -0.15) is 0 Å². The summed E-state index contributed by atoms with van der Waals surface area (Å²) in [5, 5.41) is 3.00. The first-order chi connectivity index (χ1) is 9.51. The highest BCUT2D eigenvalue weighted by molar-refractivity contribution is 7.91. The molecular weight excluding hydrogens is 296 g/mol. The molecule has 7 heteroatoms. The van der Waals surface area contributed by atoms with Gasteiger partial charge in [0.2, 0.25) is 10.0 Å². The van der Waals surface area contributed by atoms with Crippen molar-refractivity contribution in [3.05, 3.63) is 41.2 Å². The molecule has 0 aliphatic carbocycles. The Morgan fingerprint density at radius 2 is 2.15 bits per heavy atom. The van der Waals surface area contributed by atoms with E-state index in [-0.39, 0.29) is 6.04 Å². The summed E-state index contributed by atoms with van der Waals surface area (Å²) in [4.78, 5) is 0.992. The Labute approximate surface area is 123 Å². The topological polar surface area (TPSA) is 71.3 Å². The van der Waals surface area contributed by atoms with Crippen LogP contribution in [0.25, 0.3) is 0 Å². The molecule has 5 nitrogen and oxygen atoms in total. The molecule has 0 fully saturated rings. The lowest BCUT2D eigenvalue weighted by molar-refractivity contribution is 0.479. The van der Waals surface area contributed by atoms with Gasteiger partial charge in [-0.1, -0.05) is 0 Å². The number of thiophene rings is 1. The SMILES string of the molecule is CNCc1ccc(S(=O)(=O)NC(C)Cc2ccco2)s1. The van der Waals surface area contributed by atoms with Crippen molar-refractivity contribution in [2.45, 2.75) is 30.1 Å². The molecule has 0 aliphatic rings. The van der Waals surface area contributed by atoms with Crippen molar-refractivity contribution in [1.82, 2.24) is 10.0 Å². The first kappa shape index (κ1) is 15.2. The van der Waals surface area contributed by atoms with Crippen molar-refractivity contribution in [2.75, 3.05) is 7.05 Å². The van der Waals surface area contributed by atoms with Crippen molar-refractivity contribution in [1.29, 1.82) is 0 Å². The Hall–Kier alpha value is -1.15. The summed E-state index contributed by atoms with van der Waals surface area (Å²) in [6, 6.07) is 6.87. The van der Waals surface area contributed by atoms with E-state index in [1.807, 2.05) is 26.1 Å². The third-order valence-corrected chi connectivity index (χ3v) is 5.86. The summed E-state index contributed by atoms with van der Waals surface area (Å²) in [5.41, 5.74) is 0. The molecule has 0 amide bonds. The Balaban J connectivity index is 2.02. The van der Waals surface area contributed by atoms with Crippen molar-refractivity contribution in [3.8, 4) is 0 Å². The Kier molecular flexibility index (Phi) is 4.98. The third-order valence-electron chi connectivity index (χ3n) is 2.70. The number of rotatable bonds is 7. The van der Waals surface area contributed by atoms with Crippen LogP contribution < -0.4 is 10.0 Å². The third kappa shape index (κ3) is 3.92. The molecule has 0 aliphatic heterocycles. The van der Waals surface area contributed by atoms with E-state index < -0.39 is 10.0 Å². The number of furan rings is 1. The van der Waals surface area contributed by atoms with Gasteiger partial charge in [-0.05, 0) is 38.2 Å². The van der Waals surface area contributed by atoms with Crippen LogP contribution in [0.1, 0.15) is 17.6 Å². The van der Waals surface area contributed by atoms with Gasteiger partial charge >= 0.3 is 0 Å². The summed E-state index contributed by atoms with van der Waals surface area (Å²) in [5.74, 6) is 0.766. The highest BCUT2D eigenvalue weighted by Gasteiger charge is 2.20. The Morgan fingerprint density at radius 1 is 1.35 bits per heavy atom. The maximum atomic E-state index is 12.2. The van der Waals surface area contributed by atoms with Gasteiger partial charge in [-0.25, -0.2) is 13.1 Å². The lowest BCUT2D eigenvalue weighted by Crippen LogP contribution is -2.33. The zero-order chi connectivity index (χ0) is 14.6. The summed E-state index contributed by atoms with van der Waals surface area (Å²) >= 11 is 1.28. The van der Waals surface area contributed by atoms with Crippen molar-refractivity contribution >= 4 is 21.4 Å². The second-order valence-electron chi connectivity index (χ2n) is 4.56. The van der Waals surface area contributed by atoms with Gasteiger partial charge in [0.15, 0.2) is 0 Å². The fraction of sp³-hybridized carbons (Fsp3) is 0.385. The van der Waals surface area contributed by atoms with Crippen molar-refractivity contribution in [3.63, 3.8) is 0 Å². The predicted molar refractivity (Wildman–Crippen MR) is 79.3 cm³/mol. The number of hydrogen-bond donors (Lipinski definition) is 2. The van der Waals surface area contributed by atoms with Crippen LogP contribution >= 0.6 is 11.3 Å². The molecule has 20 heavy (non-hydrogen) atoms. The van der Waals surface area contributed by atoms with E-state index in [1.165, 1.54) is 11.3 Å². The summed E-state index contributed by atoms with van der Waals surface area (Å²) in [7, 11) is -1.63. The molecule has 0 aromatic carbocycles. The smallest absolute Gasteiger partial charge is 0.250 e. The second kappa shape index (κ2) is 6.53. The molecule has 2 heterocycles. The van der Waals surface area contributed by atoms with Crippen LogP contribution in [0.3, 0.4) is 0 Å². The fourth-order valence-electron chi connectivity index (χ4n) is 1.87. The van der Waals surface area contributed by atoms with Crippen LogP contribution in [-0.2, 0) is 23.0 Å². The van der Waals surface area contributed by atoms with E-state index in [1.54, 1.807) is 18.4 Å².